The van der Waals surface area contributed by atoms with Crippen molar-refractivity contribution >= 4 is 22.8 Å². The van der Waals surface area contributed by atoms with E-state index in [1.165, 1.54) is 6.42 Å². The molecule has 1 N–H and O–H groups in total. The van der Waals surface area contributed by atoms with Crippen LogP contribution in [0.15, 0.2) is 34.2 Å². The molecule has 3 rings (SSSR count). The van der Waals surface area contributed by atoms with Gasteiger partial charge < -0.3 is 14.8 Å². The molecule has 1 aromatic heterocycles. The normalized spacial score (nSPS) is 14.9. The lowest BCUT2D eigenvalue weighted by molar-refractivity contribution is 0.145. The summed E-state index contributed by atoms with van der Waals surface area (Å²) in [5.41, 5.74) is 0.323. The van der Waals surface area contributed by atoms with Crippen molar-refractivity contribution < 1.29 is 9.63 Å². The lowest BCUT2D eigenvalue weighted by Gasteiger charge is -2.27. The van der Waals surface area contributed by atoms with Crippen LogP contribution < -0.4 is 21.3 Å². The molecule has 28 heavy (non-hydrogen) atoms. The summed E-state index contributed by atoms with van der Waals surface area (Å²) in [5, 5.41) is 7.19. The molecule has 0 atom stereocenters. The van der Waals surface area contributed by atoms with Crippen molar-refractivity contribution in [2.75, 3.05) is 24.5 Å². The zero-order valence-electron chi connectivity index (χ0n) is 16.5. The highest BCUT2D eigenvalue weighted by Gasteiger charge is 2.17. The van der Waals surface area contributed by atoms with Gasteiger partial charge in [0, 0.05) is 31.6 Å². The molecular weight excluding hydrogens is 358 g/mol. The van der Waals surface area contributed by atoms with Gasteiger partial charge in [-0.3, -0.25) is 9.63 Å². The molecule has 8 heteroatoms. The van der Waals surface area contributed by atoms with Crippen LogP contribution >= 0.6 is 0 Å². The van der Waals surface area contributed by atoms with Gasteiger partial charge in [0.1, 0.15) is 5.82 Å². The van der Waals surface area contributed by atoms with Crippen molar-refractivity contribution in [3.8, 4) is 0 Å². The van der Waals surface area contributed by atoms with Crippen molar-refractivity contribution in [3.05, 3.63) is 40.1 Å². The number of nitrogens with one attached hydrogen (secondary N) is 1. The average Bonchev–Trinajstić information content (AvgIpc) is 2.83. The molecule has 0 radical (unpaired) electrons. The number of hydrogen-bond donors (Lipinski definition) is 1. The van der Waals surface area contributed by atoms with E-state index in [1.807, 2.05) is 31.2 Å². The Kier molecular flexibility index (Phi) is 6.62. The smallest absolute Gasteiger partial charge is 0.356 e. The van der Waals surface area contributed by atoms with Crippen LogP contribution in [0.3, 0.4) is 0 Å². The Balaban J connectivity index is 2.27. The molecule has 0 aliphatic carbocycles. The van der Waals surface area contributed by atoms with Crippen LogP contribution in [0.5, 0.6) is 0 Å². The summed E-state index contributed by atoms with van der Waals surface area (Å²) in [6, 6.07) is 7.76. The number of nitrogens with zero attached hydrogens (tertiary/aromatic N) is 4. The number of aromatic nitrogens is 2. The molecule has 0 spiro atoms. The second-order valence-electron chi connectivity index (χ2n) is 6.78. The number of amides is 1. The second-order valence-corrected chi connectivity index (χ2v) is 6.78. The fourth-order valence-corrected chi connectivity index (χ4v) is 3.45. The Morgan fingerprint density at radius 2 is 1.96 bits per heavy atom. The zero-order chi connectivity index (χ0) is 19.9. The number of piperidine rings is 1. The Hall–Kier alpha value is -2.90. The molecule has 2 aromatic rings. The molecule has 1 aliphatic heterocycles. The van der Waals surface area contributed by atoms with Crippen molar-refractivity contribution in [2.24, 2.45) is 5.16 Å². The standard InChI is InChI=1S/C20H27N5O3/c1-3-12-25-16-11-7-6-10-15(16)18(24-13-8-5-9-14-24)22-17(19(25)26)23-28-20(27)21-4-2/h6-7,10-11H,3-5,8-9,12-14H2,1-2H3,(H,21,27)/b23-17-. The van der Waals surface area contributed by atoms with Gasteiger partial charge in [-0.05, 0) is 49.9 Å². The molecule has 1 fully saturated rings. The largest absolute Gasteiger partial charge is 0.433 e. The van der Waals surface area contributed by atoms with Crippen LogP contribution in [0.4, 0.5) is 10.6 Å². The van der Waals surface area contributed by atoms with E-state index in [2.05, 4.69) is 20.4 Å². The monoisotopic (exact) mass is 385 g/mol. The lowest BCUT2D eigenvalue weighted by atomic mass is 10.1. The predicted octanol–water partition coefficient (Wildman–Crippen LogP) is 2.36. The van der Waals surface area contributed by atoms with E-state index in [4.69, 9.17) is 4.84 Å². The van der Waals surface area contributed by atoms with Gasteiger partial charge in [-0.25, -0.2) is 9.78 Å². The number of carbonyl (C=O) groups excluding carboxylic acids is 1. The Morgan fingerprint density at radius 1 is 1.21 bits per heavy atom. The highest BCUT2D eigenvalue weighted by molar-refractivity contribution is 5.89. The summed E-state index contributed by atoms with van der Waals surface area (Å²) < 4.78 is 1.66. The number of anilines is 1. The fourth-order valence-electron chi connectivity index (χ4n) is 3.45. The van der Waals surface area contributed by atoms with E-state index in [0.29, 0.717) is 18.9 Å². The van der Waals surface area contributed by atoms with Crippen molar-refractivity contribution in [1.82, 2.24) is 14.9 Å². The van der Waals surface area contributed by atoms with Gasteiger partial charge in [-0.2, -0.15) is 0 Å². The molecule has 150 valence electrons. The maximum Gasteiger partial charge on any atom is 0.433 e. The first-order valence-electron chi connectivity index (χ1n) is 9.93. The van der Waals surface area contributed by atoms with E-state index >= 15 is 0 Å². The summed E-state index contributed by atoms with van der Waals surface area (Å²) in [6.07, 6.45) is 3.42. The second kappa shape index (κ2) is 9.34. The van der Waals surface area contributed by atoms with Crippen molar-refractivity contribution in [2.45, 2.75) is 46.1 Å². The van der Waals surface area contributed by atoms with Crippen molar-refractivity contribution in [1.29, 1.82) is 0 Å². The number of para-hydroxylation sites is 1. The minimum atomic E-state index is -0.707. The summed E-state index contributed by atoms with van der Waals surface area (Å²) in [5.74, 6) is 0.709. The van der Waals surface area contributed by atoms with Crippen LogP contribution in [0, 0.1) is 0 Å². The van der Waals surface area contributed by atoms with E-state index < -0.39 is 6.09 Å². The molecule has 1 aliphatic rings. The Morgan fingerprint density at radius 3 is 2.68 bits per heavy atom. The lowest BCUT2D eigenvalue weighted by Crippen LogP contribution is -2.37. The average molecular weight is 385 g/mol. The highest BCUT2D eigenvalue weighted by Crippen LogP contribution is 2.24. The minimum absolute atomic E-state index is 0.114. The van der Waals surface area contributed by atoms with Gasteiger partial charge in [0.05, 0.1) is 5.52 Å². The maximum absolute atomic E-state index is 13.2. The molecule has 2 heterocycles. The fraction of sp³-hybridized carbons (Fsp3) is 0.500. The quantitative estimate of drug-likeness (QED) is 0.630. The molecule has 0 bridgehead atoms. The van der Waals surface area contributed by atoms with Gasteiger partial charge in [-0.15, -0.1) is 0 Å². The SMILES string of the molecule is CCCn1c(=O)/c(=N/OC(=O)NCC)nc(N2CCCCC2)c2ccccc21. The van der Waals surface area contributed by atoms with Crippen LogP contribution in [0.1, 0.15) is 39.5 Å². The van der Waals surface area contributed by atoms with Crippen LogP contribution in [0.2, 0.25) is 0 Å². The summed E-state index contributed by atoms with van der Waals surface area (Å²) in [6.45, 7) is 6.47. The zero-order valence-corrected chi connectivity index (χ0v) is 16.5. The third-order valence-corrected chi connectivity index (χ3v) is 4.72. The summed E-state index contributed by atoms with van der Waals surface area (Å²) >= 11 is 0. The van der Waals surface area contributed by atoms with Gasteiger partial charge in [0.15, 0.2) is 0 Å². The first-order chi connectivity index (χ1) is 13.7. The summed E-state index contributed by atoms with van der Waals surface area (Å²) in [7, 11) is 0. The minimum Gasteiger partial charge on any atom is -0.356 e. The third-order valence-electron chi connectivity index (χ3n) is 4.72. The highest BCUT2D eigenvalue weighted by atomic mass is 16.7. The number of carbonyl (C=O) groups is 1. The molecule has 1 aromatic carbocycles. The molecular formula is C20H27N5O3. The van der Waals surface area contributed by atoms with E-state index in [1.54, 1.807) is 11.5 Å². The Labute approximate surface area is 163 Å². The van der Waals surface area contributed by atoms with Crippen LogP contribution in [0.25, 0.3) is 10.9 Å². The van der Waals surface area contributed by atoms with Gasteiger partial charge >= 0.3 is 6.09 Å². The van der Waals surface area contributed by atoms with Crippen LogP contribution in [-0.4, -0.2) is 35.3 Å². The maximum atomic E-state index is 13.2. The van der Waals surface area contributed by atoms with Gasteiger partial charge in [0.2, 0.25) is 0 Å². The molecule has 8 nitrogen and oxygen atoms in total. The van der Waals surface area contributed by atoms with Gasteiger partial charge in [-0.1, -0.05) is 19.1 Å². The van der Waals surface area contributed by atoms with E-state index in [9.17, 15) is 9.59 Å². The molecule has 0 saturated carbocycles. The topological polar surface area (TPSA) is 88.8 Å². The summed E-state index contributed by atoms with van der Waals surface area (Å²) in [4.78, 5) is 36.5. The van der Waals surface area contributed by atoms with E-state index in [-0.39, 0.29) is 11.0 Å². The first kappa shape index (κ1) is 19.9. The van der Waals surface area contributed by atoms with Crippen molar-refractivity contribution in [3.63, 3.8) is 0 Å². The number of fused-ring (bicyclic) bond motifs is 1. The third kappa shape index (κ3) is 4.32. The number of benzene rings is 1. The predicted molar refractivity (Wildman–Crippen MR) is 108 cm³/mol. The first-order valence-corrected chi connectivity index (χ1v) is 9.93. The number of aryl methyl sites for hydroxylation is 1. The number of rotatable bonds is 5. The van der Waals surface area contributed by atoms with Crippen LogP contribution in [-0.2, 0) is 11.4 Å². The molecule has 0 unspecified atom stereocenters. The Bertz CT molecular complexity index is 964. The van der Waals surface area contributed by atoms with Gasteiger partial charge in [0.25, 0.3) is 11.0 Å². The number of hydrogen-bond acceptors (Lipinski definition) is 6. The molecule has 1 saturated heterocycles. The van der Waals surface area contributed by atoms with E-state index in [0.717, 1.165) is 43.3 Å². The molecule has 1 amide bonds.